The molecule has 1 heterocycles. The Bertz CT molecular complexity index is 1330. The summed E-state index contributed by atoms with van der Waals surface area (Å²) >= 11 is 0. The number of ether oxygens (including phenoxy) is 2. The van der Waals surface area contributed by atoms with Crippen molar-refractivity contribution in [2.45, 2.75) is 53.1 Å². The molecule has 0 aliphatic carbocycles. The second-order valence-electron chi connectivity index (χ2n) is 9.40. The Labute approximate surface area is 213 Å². The number of carbonyl (C=O) groups excluding carboxylic acids is 1. The lowest BCUT2D eigenvalue weighted by molar-refractivity contribution is -0.123. The Hall–Kier alpha value is -3.80. The predicted molar refractivity (Wildman–Crippen MR) is 144 cm³/mol. The molecule has 4 aromatic rings. The first kappa shape index (κ1) is 25.3. The van der Waals surface area contributed by atoms with Gasteiger partial charge in [0.25, 0.3) is 5.91 Å². The normalized spacial score (nSPS) is 11.1. The molecule has 0 saturated heterocycles. The Morgan fingerprint density at radius 3 is 2.58 bits per heavy atom. The number of benzene rings is 3. The average molecular weight is 486 g/mol. The summed E-state index contributed by atoms with van der Waals surface area (Å²) < 4.78 is 14.0. The highest BCUT2D eigenvalue weighted by atomic mass is 16.5. The molecule has 36 heavy (non-hydrogen) atoms. The second-order valence-corrected chi connectivity index (χ2v) is 9.40. The third kappa shape index (κ3) is 6.25. The molecule has 6 heteroatoms. The summed E-state index contributed by atoms with van der Waals surface area (Å²) in [7, 11) is 0. The van der Waals surface area contributed by atoms with Crippen LogP contribution in [0.25, 0.3) is 11.0 Å². The Morgan fingerprint density at radius 1 is 0.972 bits per heavy atom. The van der Waals surface area contributed by atoms with E-state index in [0.717, 1.165) is 52.4 Å². The summed E-state index contributed by atoms with van der Waals surface area (Å²) in [5, 5.41) is 2.96. The first-order chi connectivity index (χ1) is 17.4. The quantitative estimate of drug-likeness (QED) is 0.267. The molecule has 0 bridgehead atoms. The van der Waals surface area contributed by atoms with Gasteiger partial charge in [0, 0.05) is 6.54 Å². The van der Waals surface area contributed by atoms with Crippen LogP contribution in [0, 0.1) is 13.8 Å². The molecule has 3 aromatic carbocycles. The number of para-hydroxylation sites is 3. The zero-order chi connectivity index (χ0) is 25.5. The zero-order valence-corrected chi connectivity index (χ0v) is 21.6. The van der Waals surface area contributed by atoms with Crippen LogP contribution in [0.2, 0.25) is 0 Å². The molecule has 0 saturated carbocycles. The second kappa shape index (κ2) is 11.8. The smallest absolute Gasteiger partial charge is 0.258 e. The number of rotatable bonds is 11. The Balaban J connectivity index is 1.36. The van der Waals surface area contributed by atoms with Gasteiger partial charge in [-0.3, -0.25) is 4.79 Å². The lowest BCUT2D eigenvalue weighted by Crippen LogP contribution is -2.29. The van der Waals surface area contributed by atoms with Crippen LogP contribution in [-0.4, -0.2) is 28.7 Å². The number of aryl methyl sites for hydroxylation is 3. The van der Waals surface area contributed by atoms with Gasteiger partial charge in [-0.1, -0.05) is 56.3 Å². The molecule has 4 rings (SSSR count). The predicted octanol–water partition coefficient (Wildman–Crippen LogP) is 5.94. The van der Waals surface area contributed by atoms with Crippen LogP contribution in [-0.2, 0) is 17.9 Å². The van der Waals surface area contributed by atoms with Crippen LogP contribution in [0.1, 0.15) is 48.7 Å². The van der Waals surface area contributed by atoms with E-state index in [1.54, 1.807) is 0 Å². The van der Waals surface area contributed by atoms with Crippen molar-refractivity contribution in [3.05, 3.63) is 89.2 Å². The van der Waals surface area contributed by atoms with Crippen LogP contribution in [0.15, 0.2) is 66.7 Å². The Kier molecular flexibility index (Phi) is 8.26. The zero-order valence-electron chi connectivity index (χ0n) is 21.6. The summed E-state index contributed by atoms with van der Waals surface area (Å²) in [4.78, 5) is 17.3. The van der Waals surface area contributed by atoms with Gasteiger partial charge in [-0.05, 0) is 67.1 Å². The maximum Gasteiger partial charge on any atom is 0.258 e. The summed E-state index contributed by atoms with van der Waals surface area (Å²) in [5.41, 5.74) is 5.29. The van der Waals surface area contributed by atoms with Gasteiger partial charge in [-0.25, -0.2) is 4.98 Å². The van der Waals surface area contributed by atoms with Crippen LogP contribution in [0.5, 0.6) is 11.5 Å². The minimum absolute atomic E-state index is 0.0341. The minimum atomic E-state index is -0.178. The molecule has 0 aliphatic heterocycles. The number of amides is 1. The van der Waals surface area contributed by atoms with E-state index in [4.69, 9.17) is 14.5 Å². The molecule has 6 nitrogen and oxygen atoms in total. The van der Waals surface area contributed by atoms with Gasteiger partial charge < -0.3 is 19.4 Å². The SMILES string of the molecule is Cc1ccc(C)c(OCC(=O)NCc2nc3ccccc3n2CCCOc2ccccc2C(C)C)c1. The number of hydrogen-bond acceptors (Lipinski definition) is 4. The van der Waals surface area contributed by atoms with Crippen LogP contribution in [0.3, 0.4) is 0 Å². The van der Waals surface area contributed by atoms with Crippen molar-refractivity contribution < 1.29 is 14.3 Å². The Morgan fingerprint density at radius 2 is 1.75 bits per heavy atom. The molecule has 1 aromatic heterocycles. The van der Waals surface area contributed by atoms with Gasteiger partial charge in [-0.15, -0.1) is 0 Å². The van der Waals surface area contributed by atoms with E-state index in [1.165, 1.54) is 5.56 Å². The average Bonchev–Trinajstić information content (AvgIpc) is 3.23. The topological polar surface area (TPSA) is 65.4 Å². The molecule has 0 unspecified atom stereocenters. The molecule has 188 valence electrons. The van der Waals surface area contributed by atoms with E-state index >= 15 is 0 Å². The van der Waals surface area contributed by atoms with Crippen molar-refractivity contribution in [2.75, 3.05) is 13.2 Å². The first-order valence-electron chi connectivity index (χ1n) is 12.5. The third-order valence-electron chi connectivity index (χ3n) is 6.20. The molecule has 0 radical (unpaired) electrons. The van der Waals surface area contributed by atoms with E-state index in [1.807, 2.05) is 68.4 Å². The highest BCUT2D eigenvalue weighted by Gasteiger charge is 2.13. The van der Waals surface area contributed by atoms with E-state index < -0.39 is 0 Å². The third-order valence-corrected chi connectivity index (χ3v) is 6.20. The fraction of sp³-hybridized carbons (Fsp3) is 0.333. The standard InChI is InChI=1S/C30H35N3O3/c1-21(2)24-10-5-8-13-27(24)35-17-9-16-33-26-12-7-6-11-25(26)32-29(33)19-31-30(34)20-36-28-18-22(3)14-15-23(28)4/h5-8,10-15,18,21H,9,16-17,19-20H2,1-4H3,(H,31,34). The molecular weight excluding hydrogens is 450 g/mol. The number of hydrogen-bond donors (Lipinski definition) is 1. The highest BCUT2D eigenvalue weighted by molar-refractivity contribution is 5.78. The number of nitrogens with zero attached hydrogens (tertiary/aromatic N) is 2. The van der Waals surface area contributed by atoms with Crippen LogP contribution < -0.4 is 14.8 Å². The summed E-state index contributed by atoms with van der Waals surface area (Å²) in [6.07, 6.45) is 0.823. The lowest BCUT2D eigenvalue weighted by Gasteiger charge is -2.15. The van der Waals surface area contributed by atoms with Gasteiger partial charge in [0.1, 0.15) is 17.3 Å². The highest BCUT2D eigenvalue weighted by Crippen LogP contribution is 2.26. The van der Waals surface area contributed by atoms with Crippen molar-refractivity contribution in [1.82, 2.24) is 14.9 Å². The number of imidazole rings is 1. The van der Waals surface area contributed by atoms with Gasteiger partial charge in [0.05, 0.1) is 24.2 Å². The molecule has 0 atom stereocenters. The van der Waals surface area contributed by atoms with Crippen LogP contribution in [0.4, 0.5) is 0 Å². The van der Waals surface area contributed by atoms with Gasteiger partial charge in [0.15, 0.2) is 6.61 Å². The van der Waals surface area contributed by atoms with E-state index in [9.17, 15) is 4.79 Å². The summed E-state index contributed by atoms with van der Waals surface area (Å²) in [5.74, 6) is 2.73. The van der Waals surface area contributed by atoms with Crippen molar-refractivity contribution in [3.8, 4) is 11.5 Å². The van der Waals surface area contributed by atoms with Crippen LogP contribution >= 0.6 is 0 Å². The number of carbonyl (C=O) groups is 1. The van der Waals surface area contributed by atoms with E-state index in [-0.39, 0.29) is 12.5 Å². The van der Waals surface area contributed by atoms with Crippen molar-refractivity contribution in [3.63, 3.8) is 0 Å². The minimum Gasteiger partial charge on any atom is -0.493 e. The van der Waals surface area contributed by atoms with Crippen molar-refractivity contribution in [1.29, 1.82) is 0 Å². The first-order valence-corrected chi connectivity index (χ1v) is 12.5. The maximum absolute atomic E-state index is 12.5. The van der Waals surface area contributed by atoms with Crippen molar-refractivity contribution >= 4 is 16.9 Å². The lowest BCUT2D eigenvalue weighted by atomic mass is 10.0. The van der Waals surface area contributed by atoms with Gasteiger partial charge in [0.2, 0.25) is 0 Å². The number of aromatic nitrogens is 2. The fourth-order valence-electron chi connectivity index (χ4n) is 4.24. The van der Waals surface area contributed by atoms with Crippen molar-refractivity contribution in [2.24, 2.45) is 0 Å². The summed E-state index contributed by atoms with van der Waals surface area (Å²) in [6.45, 7) is 9.97. The molecule has 1 N–H and O–H groups in total. The molecule has 0 aliphatic rings. The van der Waals surface area contributed by atoms with Gasteiger partial charge >= 0.3 is 0 Å². The largest absolute Gasteiger partial charge is 0.493 e. The fourth-order valence-corrected chi connectivity index (χ4v) is 4.24. The molecule has 0 spiro atoms. The molecule has 1 amide bonds. The monoisotopic (exact) mass is 485 g/mol. The number of fused-ring (bicyclic) bond motifs is 1. The maximum atomic E-state index is 12.5. The van der Waals surface area contributed by atoms with E-state index in [2.05, 4.69) is 35.9 Å². The van der Waals surface area contributed by atoms with E-state index in [0.29, 0.717) is 19.1 Å². The molecular formula is C30H35N3O3. The molecule has 0 fully saturated rings. The number of nitrogens with one attached hydrogen (secondary N) is 1. The summed E-state index contributed by atoms with van der Waals surface area (Å²) in [6, 6.07) is 22.2. The van der Waals surface area contributed by atoms with Gasteiger partial charge in [-0.2, -0.15) is 0 Å².